The largest absolute Gasteiger partial charge is 0.260 e. The molecule has 0 N–H and O–H groups in total. The van der Waals surface area contributed by atoms with Crippen LogP contribution in [0.15, 0.2) is 52.4 Å². The zero-order valence-corrected chi connectivity index (χ0v) is 16.4. The summed E-state index contributed by atoms with van der Waals surface area (Å²) >= 11 is 0. The molecule has 1 atom stereocenters. The number of nitrogens with zero attached hydrogens (tertiary/aromatic N) is 2. The standard InChI is InChI=1S/C18H22N2O4S2/c1-14-7-9-16(10-8-14)26(23,24)20-12-4-5-15(13-20)18-17(25(2,21)22)6-3-11-19-18/h3,6-11,15H,4-5,12-13H2,1-2H3. The summed E-state index contributed by atoms with van der Waals surface area (Å²) in [4.78, 5) is 4.71. The van der Waals surface area contributed by atoms with E-state index in [9.17, 15) is 16.8 Å². The van der Waals surface area contributed by atoms with Crippen LogP contribution in [-0.4, -0.2) is 45.5 Å². The maximum Gasteiger partial charge on any atom is 0.243 e. The Labute approximate surface area is 154 Å². The van der Waals surface area contributed by atoms with Crippen LogP contribution in [0, 0.1) is 6.92 Å². The lowest BCUT2D eigenvalue weighted by atomic mass is 9.95. The zero-order valence-electron chi connectivity index (χ0n) is 14.8. The summed E-state index contributed by atoms with van der Waals surface area (Å²) in [6.45, 7) is 2.56. The van der Waals surface area contributed by atoms with Crippen LogP contribution in [0.2, 0.25) is 0 Å². The molecule has 1 fully saturated rings. The van der Waals surface area contributed by atoms with Gasteiger partial charge in [0.15, 0.2) is 9.84 Å². The number of aryl methyl sites for hydroxylation is 1. The predicted molar refractivity (Wildman–Crippen MR) is 99.3 cm³/mol. The third-order valence-corrected chi connectivity index (χ3v) is 7.65. The zero-order chi connectivity index (χ0) is 18.9. The Bertz CT molecular complexity index is 1000. The molecule has 0 radical (unpaired) electrons. The van der Waals surface area contributed by atoms with Crippen molar-refractivity contribution in [3.63, 3.8) is 0 Å². The van der Waals surface area contributed by atoms with Gasteiger partial charge in [0, 0.05) is 31.5 Å². The number of aromatic nitrogens is 1. The summed E-state index contributed by atoms with van der Waals surface area (Å²) in [6.07, 6.45) is 4.07. The van der Waals surface area contributed by atoms with Gasteiger partial charge in [0.1, 0.15) is 0 Å². The third-order valence-electron chi connectivity index (χ3n) is 4.63. The number of hydrogen-bond acceptors (Lipinski definition) is 5. The molecule has 2 heterocycles. The minimum atomic E-state index is -3.61. The third kappa shape index (κ3) is 3.82. The number of rotatable bonds is 4. The molecule has 0 saturated carbocycles. The molecule has 1 saturated heterocycles. The van der Waals surface area contributed by atoms with E-state index in [2.05, 4.69) is 4.98 Å². The summed E-state index contributed by atoms with van der Waals surface area (Å²) in [5.41, 5.74) is 1.45. The van der Waals surface area contributed by atoms with Crippen molar-refractivity contribution < 1.29 is 16.8 Å². The molecule has 26 heavy (non-hydrogen) atoms. The van der Waals surface area contributed by atoms with Gasteiger partial charge in [-0.2, -0.15) is 4.31 Å². The second kappa shape index (κ2) is 7.09. The van der Waals surface area contributed by atoms with E-state index < -0.39 is 19.9 Å². The lowest BCUT2D eigenvalue weighted by Gasteiger charge is -2.32. The predicted octanol–water partition coefficient (Wildman–Crippen LogP) is 2.36. The van der Waals surface area contributed by atoms with Crippen LogP contribution in [-0.2, 0) is 19.9 Å². The summed E-state index contributed by atoms with van der Waals surface area (Å²) in [5, 5.41) is 0. The number of benzene rings is 1. The van der Waals surface area contributed by atoms with Crippen molar-refractivity contribution in [3.8, 4) is 0 Å². The summed E-state index contributed by atoms with van der Waals surface area (Å²) < 4.78 is 51.4. The van der Waals surface area contributed by atoms with Gasteiger partial charge in [-0.1, -0.05) is 17.7 Å². The first kappa shape index (κ1) is 19.0. The minimum absolute atomic E-state index is 0.180. The number of sulfone groups is 1. The first-order valence-corrected chi connectivity index (χ1v) is 11.7. The van der Waals surface area contributed by atoms with Gasteiger partial charge in [0.05, 0.1) is 15.5 Å². The maximum absolute atomic E-state index is 12.9. The van der Waals surface area contributed by atoms with Crippen molar-refractivity contribution in [2.24, 2.45) is 0 Å². The van der Waals surface area contributed by atoms with Gasteiger partial charge in [-0.3, -0.25) is 4.98 Å². The molecule has 0 bridgehead atoms. The van der Waals surface area contributed by atoms with Gasteiger partial charge in [-0.05, 0) is 44.0 Å². The molecular weight excluding hydrogens is 372 g/mol. The highest BCUT2D eigenvalue weighted by atomic mass is 32.2. The monoisotopic (exact) mass is 394 g/mol. The summed E-state index contributed by atoms with van der Waals surface area (Å²) in [5.74, 6) is -0.241. The van der Waals surface area contributed by atoms with Crippen molar-refractivity contribution in [2.45, 2.75) is 35.5 Å². The van der Waals surface area contributed by atoms with E-state index in [1.165, 1.54) is 10.4 Å². The van der Waals surface area contributed by atoms with Crippen molar-refractivity contribution in [3.05, 3.63) is 53.9 Å². The molecule has 1 unspecified atom stereocenters. The van der Waals surface area contributed by atoms with Crippen LogP contribution >= 0.6 is 0 Å². The fourth-order valence-corrected chi connectivity index (χ4v) is 5.71. The molecule has 1 aromatic carbocycles. The van der Waals surface area contributed by atoms with Crippen LogP contribution in [0.25, 0.3) is 0 Å². The van der Waals surface area contributed by atoms with Gasteiger partial charge in [0.25, 0.3) is 0 Å². The summed E-state index contributed by atoms with van der Waals surface area (Å²) in [6, 6.07) is 9.88. The van der Waals surface area contributed by atoms with E-state index in [0.29, 0.717) is 25.1 Å². The van der Waals surface area contributed by atoms with E-state index in [4.69, 9.17) is 0 Å². The highest BCUT2D eigenvalue weighted by Crippen LogP contribution is 2.32. The normalized spacial score (nSPS) is 19.4. The summed E-state index contributed by atoms with van der Waals surface area (Å²) in [7, 11) is -7.04. The molecule has 140 valence electrons. The van der Waals surface area contributed by atoms with Crippen LogP contribution < -0.4 is 0 Å². The first-order chi connectivity index (χ1) is 12.2. The number of hydrogen-bond donors (Lipinski definition) is 0. The van der Waals surface area contributed by atoms with Gasteiger partial charge < -0.3 is 0 Å². The van der Waals surface area contributed by atoms with E-state index >= 15 is 0 Å². The molecule has 2 aromatic rings. The van der Waals surface area contributed by atoms with Gasteiger partial charge in [0.2, 0.25) is 10.0 Å². The SMILES string of the molecule is Cc1ccc(S(=O)(=O)N2CCCC(c3ncccc3S(C)(=O)=O)C2)cc1. The second-order valence-electron chi connectivity index (χ2n) is 6.67. The molecule has 0 aliphatic carbocycles. The molecule has 3 rings (SSSR count). The Morgan fingerprint density at radius 2 is 1.77 bits per heavy atom. The molecule has 1 aliphatic rings. The first-order valence-electron chi connectivity index (χ1n) is 8.41. The Kier molecular flexibility index (Phi) is 5.18. The molecule has 0 amide bonds. The van der Waals surface area contributed by atoms with Crippen molar-refractivity contribution in [1.29, 1.82) is 0 Å². The Hall–Kier alpha value is -1.77. The van der Waals surface area contributed by atoms with Crippen molar-refractivity contribution >= 4 is 19.9 Å². The average Bonchev–Trinajstić information content (AvgIpc) is 2.61. The van der Waals surface area contributed by atoms with Crippen LogP contribution in [0.5, 0.6) is 0 Å². The molecule has 0 spiro atoms. The van der Waals surface area contributed by atoms with E-state index in [1.54, 1.807) is 36.5 Å². The Balaban J connectivity index is 1.92. The fraction of sp³-hybridized carbons (Fsp3) is 0.389. The Morgan fingerprint density at radius 1 is 1.08 bits per heavy atom. The van der Waals surface area contributed by atoms with Crippen molar-refractivity contribution in [2.75, 3.05) is 19.3 Å². The minimum Gasteiger partial charge on any atom is -0.260 e. The second-order valence-corrected chi connectivity index (χ2v) is 10.6. The number of piperidine rings is 1. The van der Waals surface area contributed by atoms with E-state index in [0.717, 1.165) is 11.8 Å². The van der Waals surface area contributed by atoms with Crippen molar-refractivity contribution in [1.82, 2.24) is 9.29 Å². The van der Waals surface area contributed by atoms with Crippen LogP contribution in [0.1, 0.15) is 30.0 Å². The molecular formula is C18H22N2O4S2. The highest BCUT2D eigenvalue weighted by molar-refractivity contribution is 7.90. The topological polar surface area (TPSA) is 84.4 Å². The average molecular weight is 395 g/mol. The fourth-order valence-electron chi connectivity index (χ4n) is 3.27. The molecule has 1 aromatic heterocycles. The van der Waals surface area contributed by atoms with Gasteiger partial charge >= 0.3 is 0 Å². The molecule has 6 nitrogen and oxygen atoms in total. The maximum atomic E-state index is 12.9. The smallest absolute Gasteiger partial charge is 0.243 e. The molecule has 1 aliphatic heterocycles. The van der Waals surface area contributed by atoms with E-state index in [1.807, 2.05) is 6.92 Å². The lowest BCUT2D eigenvalue weighted by molar-refractivity contribution is 0.310. The lowest BCUT2D eigenvalue weighted by Crippen LogP contribution is -2.39. The van der Waals surface area contributed by atoms with Gasteiger partial charge in [-0.15, -0.1) is 0 Å². The van der Waals surface area contributed by atoms with Gasteiger partial charge in [-0.25, -0.2) is 16.8 Å². The number of sulfonamides is 1. The van der Waals surface area contributed by atoms with Crippen LogP contribution in [0.3, 0.4) is 0 Å². The van der Waals surface area contributed by atoms with E-state index in [-0.39, 0.29) is 22.3 Å². The highest BCUT2D eigenvalue weighted by Gasteiger charge is 2.33. The Morgan fingerprint density at radius 3 is 2.42 bits per heavy atom. The number of pyridine rings is 1. The molecule has 8 heteroatoms. The quantitative estimate of drug-likeness (QED) is 0.795. The van der Waals surface area contributed by atoms with Crippen LogP contribution in [0.4, 0.5) is 0 Å².